The molecule has 0 aliphatic carbocycles. The molecule has 2 bridgehead atoms. The van der Waals surface area contributed by atoms with Crippen molar-refractivity contribution in [2.75, 3.05) is 7.05 Å². The molecule has 2 unspecified atom stereocenters. The number of hydrogen-bond acceptors (Lipinski definition) is 3. The van der Waals surface area contributed by atoms with Crippen molar-refractivity contribution in [3.05, 3.63) is 35.9 Å². The molecular weight excluding hydrogens is 350 g/mol. The van der Waals surface area contributed by atoms with Gasteiger partial charge in [-0.05, 0) is 43.7 Å². The van der Waals surface area contributed by atoms with Gasteiger partial charge in [0.25, 0.3) is 5.91 Å². The van der Waals surface area contributed by atoms with Crippen LogP contribution in [0.15, 0.2) is 30.3 Å². The van der Waals surface area contributed by atoms with E-state index in [1.807, 2.05) is 61.0 Å². The zero-order chi connectivity index (χ0) is 18.1. The molecule has 0 radical (unpaired) electrons. The van der Waals surface area contributed by atoms with E-state index < -0.39 is 6.04 Å². The Balaban J connectivity index is 0.00000243. The first-order valence-electron chi connectivity index (χ1n) is 9.30. The molecule has 0 aromatic heterocycles. The van der Waals surface area contributed by atoms with Gasteiger partial charge in [0, 0.05) is 30.7 Å². The van der Waals surface area contributed by atoms with E-state index >= 15 is 0 Å². The average molecular weight is 380 g/mol. The van der Waals surface area contributed by atoms with E-state index in [4.69, 9.17) is 5.73 Å². The summed E-state index contributed by atoms with van der Waals surface area (Å²) in [4.78, 5) is 29.4. The molecule has 26 heavy (non-hydrogen) atoms. The number of rotatable bonds is 4. The summed E-state index contributed by atoms with van der Waals surface area (Å²) < 4.78 is 0. The quantitative estimate of drug-likeness (QED) is 0.874. The van der Waals surface area contributed by atoms with Crippen LogP contribution in [0.4, 0.5) is 0 Å². The molecule has 3 rings (SSSR count). The van der Waals surface area contributed by atoms with Gasteiger partial charge in [-0.15, -0.1) is 12.4 Å². The van der Waals surface area contributed by atoms with Crippen molar-refractivity contribution in [3.63, 3.8) is 0 Å². The first-order chi connectivity index (χ1) is 11.9. The highest BCUT2D eigenvalue weighted by Gasteiger charge is 2.46. The van der Waals surface area contributed by atoms with Gasteiger partial charge >= 0.3 is 0 Å². The number of fused-ring (bicyclic) bond motifs is 2. The molecule has 1 aromatic rings. The predicted molar refractivity (Wildman–Crippen MR) is 105 cm³/mol. The minimum absolute atomic E-state index is 0. The van der Waals surface area contributed by atoms with Crippen LogP contribution < -0.4 is 5.73 Å². The van der Waals surface area contributed by atoms with Crippen LogP contribution in [0.3, 0.4) is 0 Å². The van der Waals surface area contributed by atoms with Crippen molar-refractivity contribution < 1.29 is 9.59 Å². The molecule has 5 nitrogen and oxygen atoms in total. The van der Waals surface area contributed by atoms with Crippen LogP contribution in [-0.4, -0.2) is 52.8 Å². The Hall–Kier alpha value is -1.59. The lowest BCUT2D eigenvalue weighted by molar-refractivity contribution is -0.138. The molecule has 2 saturated heterocycles. The van der Waals surface area contributed by atoms with Crippen molar-refractivity contribution in [3.8, 4) is 0 Å². The summed E-state index contributed by atoms with van der Waals surface area (Å²) in [5.74, 6) is 0.286. The van der Waals surface area contributed by atoms with Crippen molar-refractivity contribution in [1.29, 1.82) is 0 Å². The van der Waals surface area contributed by atoms with Gasteiger partial charge in [-0.2, -0.15) is 0 Å². The molecular formula is C20H30ClN3O2. The van der Waals surface area contributed by atoms with Crippen molar-refractivity contribution in [2.45, 2.75) is 63.7 Å². The number of carbonyl (C=O) groups is 2. The number of halogens is 1. The van der Waals surface area contributed by atoms with Crippen LogP contribution in [0.5, 0.6) is 0 Å². The van der Waals surface area contributed by atoms with Crippen molar-refractivity contribution >= 4 is 24.2 Å². The number of benzene rings is 1. The Kier molecular flexibility index (Phi) is 6.69. The fraction of sp³-hybridized carbons (Fsp3) is 0.600. The smallest absolute Gasteiger partial charge is 0.253 e. The Bertz CT molecular complexity index is 623. The van der Waals surface area contributed by atoms with E-state index in [-0.39, 0.29) is 48.3 Å². The molecule has 2 heterocycles. The summed E-state index contributed by atoms with van der Waals surface area (Å²) in [7, 11) is 1.89. The number of hydrogen-bond donors (Lipinski definition) is 1. The van der Waals surface area contributed by atoms with Crippen LogP contribution in [0, 0.1) is 5.92 Å². The maximum Gasteiger partial charge on any atom is 0.253 e. The molecule has 2 aliphatic heterocycles. The molecule has 144 valence electrons. The second-order valence-corrected chi connectivity index (χ2v) is 7.81. The first-order valence-corrected chi connectivity index (χ1v) is 9.30. The minimum atomic E-state index is -0.427. The highest BCUT2D eigenvalue weighted by Crippen LogP contribution is 2.38. The largest absolute Gasteiger partial charge is 0.339 e. The van der Waals surface area contributed by atoms with E-state index in [9.17, 15) is 9.59 Å². The molecule has 3 atom stereocenters. The fourth-order valence-electron chi connectivity index (χ4n) is 4.23. The lowest BCUT2D eigenvalue weighted by Gasteiger charge is -2.43. The van der Waals surface area contributed by atoms with Crippen molar-refractivity contribution in [1.82, 2.24) is 9.80 Å². The number of nitrogens with zero attached hydrogens (tertiary/aromatic N) is 2. The van der Waals surface area contributed by atoms with E-state index in [2.05, 4.69) is 0 Å². The Morgan fingerprint density at radius 3 is 2.15 bits per heavy atom. The number of amides is 2. The third-order valence-electron chi connectivity index (χ3n) is 5.85. The maximum absolute atomic E-state index is 12.8. The van der Waals surface area contributed by atoms with Crippen LogP contribution >= 0.6 is 12.4 Å². The zero-order valence-corrected chi connectivity index (χ0v) is 16.6. The monoisotopic (exact) mass is 379 g/mol. The molecule has 2 amide bonds. The predicted octanol–water partition coefficient (Wildman–Crippen LogP) is 2.69. The average Bonchev–Trinajstić information content (AvgIpc) is 2.89. The molecule has 2 fully saturated rings. The maximum atomic E-state index is 12.8. The van der Waals surface area contributed by atoms with Gasteiger partial charge in [0.05, 0.1) is 6.04 Å². The number of piperidine rings is 1. The van der Waals surface area contributed by atoms with Gasteiger partial charge in [-0.25, -0.2) is 0 Å². The van der Waals surface area contributed by atoms with E-state index in [0.29, 0.717) is 0 Å². The van der Waals surface area contributed by atoms with Crippen LogP contribution in [-0.2, 0) is 4.79 Å². The second-order valence-electron chi connectivity index (χ2n) is 7.81. The van der Waals surface area contributed by atoms with E-state index in [1.165, 1.54) is 0 Å². The Morgan fingerprint density at radius 1 is 1.12 bits per heavy atom. The second kappa shape index (κ2) is 8.40. The van der Waals surface area contributed by atoms with E-state index in [0.717, 1.165) is 31.2 Å². The van der Waals surface area contributed by atoms with Gasteiger partial charge in [0.1, 0.15) is 0 Å². The molecule has 6 heteroatoms. The standard InChI is InChI=1S/C20H29N3O2.ClH/c1-13(2)18(21)20(25)23-15-9-10-16(23)12-17(11-15)22(3)19(24)14-7-5-4-6-8-14;/h4-8,13,15-18H,9-12,21H2,1-3H3;1H/t15?,16?,17?,18-;/m0./s1. The van der Waals surface area contributed by atoms with Crippen LogP contribution in [0.25, 0.3) is 0 Å². The zero-order valence-electron chi connectivity index (χ0n) is 15.8. The Labute approximate surface area is 162 Å². The van der Waals surface area contributed by atoms with Crippen molar-refractivity contribution in [2.24, 2.45) is 11.7 Å². The molecule has 2 aliphatic rings. The first kappa shape index (κ1) is 20.7. The molecule has 2 N–H and O–H groups in total. The normalized spacial score (nSPS) is 25.6. The SMILES string of the molecule is CC(C)[C@H](N)C(=O)N1C2CCC1CC(N(C)C(=O)c1ccccc1)C2.Cl. The van der Waals surface area contributed by atoms with Gasteiger partial charge in [0.15, 0.2) is 0 Å². The van der Waals surface area contributed by atoms with Gasteiger partial charge < -0.3 is 15.5 Å². The molecule has 0 saturated carbocycles. The molecule has 1 aromatic carbocycles. The summed E-state index contributed by atoms with van der Waals surface area (Å²) in [5.41, 5.74) is 6.83. The number of nitrogens with two attached hydrogens (primary N) is 1. The summed E-state index contributed by atoms with van der Waals surface area (Å²) in [6.07, 6.45) is 3.74. The summed E-state index contributed by atoms with van der Waals surface area (Å²) in [5, 5.41) is 0. The summed E-state index contributed by atoms with van der Waals surface area (Å²) in [6.45, 7) is 3.98. The summed E-state index contributed by atoms with van der Waals surface area (Å²) >= 11 is 0. The Morgan fingerprint density at radius 2 is 1.65 bits per heavy atom. The van der Waals surface area contributed by atoms with Crippen LogP contribution in [0.1, 0.15) is 49.9 Å². The van der Waals surface area contributed by atoms with Crippen LogP contribution in [0.2, 0.25) is 0 Å². The fourth-order valence-corrected chi connectivity index (χ4v) is 4.23. The van der Waals surface area contributed by atoms with Gasteiger partial charge in [0.2, 0.25) is 5.91 Å². The third-order valence-corrected chi connectivity index (χ3v) is 5.85. The molecule has 0 spiro atoms. The number of carbonyl (C=O) groups excluding carboxylic acids is 2. The minimum Gasteiger partial charge on any atom is -0.339 e. The van der Waals surface area contributed by atoms with E-state index in [1.54, 1.807) is 0 Å². The lowest BCUT2D eigenvalue weighted by atomic mass is 9.93. The highest BCUT2D eigenvalue weighted by atomic mass is 35.5. The lowest BCUT2D eigenvalue weighted by Crippen LogP contribution is -2.57. The third kappa shape index (κ3) is 3.89. The summed E-state index contributed by atoms with van der Waals surface area (Å²) in [6, 6.07) is 9.59. The van der Waals surface area contributed by atoms with Gasteiger partial charge in [-0.1, -0.05) is 32.0 Å². The topological polar surface area (TPSA) is 66.6 Å². The van der Waals surface area contributed by atoms with Gasteiger partial charge in [-0.3, -0.25) is 9.59 Å². The highest BCUT2D eigenvalue weighted by molar-refractivity contribution is 5.94.